The Hall–Kier alpha value is -1.40. The fourth-order valence-corrected chi connectivity index (χ4v) is 5.73. The maximum absolute atomic E-state index is 12.4. The Bertz CT molecular complexity index is 775. The zero-order chi connectivity index (χ0) is 20.3. The Labute approximate surface area is 170 Å². The minimum Gasteiger partial charge on any atom is -0.296 e. The van der Waals surface area contributed by atoms with Crippen molar-refractivity contribution in [2.75, 3.05) is 0 Å². The van der Waals surface area contributed by atoms with Gasteiger partial charge in [-0.3, -0.25) is 10.4 Å². The first-order valence-electron chi connectivity index (χ1n) is 10.7. The number of fused-ring (bicyclic) bond motifs is 3. The van der Waals surface area contributed by atoms with Gasteiger partial charge in [-0.05, 0) is 76.3 Å². The molecule has 28 heavy (non-hydrogen) atoms. The van der Waals surface area contributed by atoms with Crippen LogP contribution >= 0.6 is 0 Å². The molecule has 2 bridgehead atoms. The molecule has 0 amide bonds. The Balaban J connectivity index is 1.57. The summed E-state index contributed by atoms with van der Waals surface area (Å²) in [6, 6.07) is 6.83. The van der Waals surface area contributed by atoms with E-state index < -0.39 is 10.0 Å². The topological polar surface area (TPSA) is 70.6 Å². The molecule has 0 atom stereocenters. The van der Waals surface area contributed by atoms with Gasteiger partial charge in [-0.1, -0.05) is 43.9 Å². The minimum atomic E-state index is -3.59. The third kappa shape index (κ3) is 4.95. The van der Waals surface area contributed by atoms with Crippen LogP contribution in [0, 0.1) is 12.3 Å². The molecule has 5 nitrogen and oxygen atoms in total. The SMILES string of the molecule is CCCCCC12CCC(N=C(C)NNS(=O)(=O)c3ccc(C)cc3)(CC1)CC2. The molecule has 0 radical (unpaired) electrons. The molecule has 0 saturated heterocycles. The van der Waals surface area contributed by atoms with Crippen LogP contribution < -0.4 is 10.3 Å². The van der Waals surface area contributed by atoms with Gasteiger partial charge in [0.2, 0.25) is 0 Å². The number of rotatable bonds is 8. The lowest BCUT2D eigenvalue weighted by Crippen LogP contribution is -2.47. The standard InChI is InChI=1S/C22H35N3O2S/c1-4-5-6-11-21-12-15-22(16-13-21,17-14-21)23-19(3)24-25-28(26,27)20-9-7-18(2)8-10-20/h7-10,25H,4-6,11-17H2,1-3H3,(H,23,24). The van der Waals surface area contributed by atoms with Crippen molar-refractivity contribution in [2.24, 2.45) is 10.4 Å². The summed E-state index contributed by atoms with van der Waals surface area (Å²) in [5.41, 5.74) is 4.41. The minimum absolute atomic E-state index is 0.00110. The number of nitrogens with zero attached hydrogens (tertiary/aromatic N) is 1. The second-order valence-electron chi connectivity index (χ2n) is 8.92. The summed E-state index contributed by atoms with van der Waals surface area (Å²) in [7, 11) is -3.59. The molecule has 0 spiro atoms. The normalized spacial score (nSPS) is 27.8. The van der Waals surface area contributed by atoms with Gasteiger partial charge in [0.1, 0.15) is 5.84 Å². The van der Waals surface area contributed by atoms with E-state index in [1.807, 2.05) is 13.8 Å². The number of sulfonamides is 1. The average Bonchev–Trinajstić information content (AvgIpc) is 2.69. The Morgan fingerprint density at radius 1 is 1.04 bits per heavy atom. The van der Waals surface area contributed by atoms with E-state index in [0.717, 1.165) is 24.8 Å². The van der Waals surface area contributed by atoms with Crippen molar-refractivity contribution < 1.29 is 8.42 Å². The predicted octanol–water partition coefficient (Wildman–Crippen LogP) is 4.87. The van der Waals surface area contributed by atoms with E-state index >= 15 is 0 Å². The van der Waals surface area contributed by atoms with Gasteiger partial charge in [0.25, 0.3) is 10.0 Å². The molecule has 0 heterocycles. The van der Waals surface area contributed by atoms with Crippen molar-refractivity contribution in [3.63, 3.8) is 0 Å². The second-order valence-corrected chi connectivity index (χ2v) is 10.6. The highest BCUT2D eigenvalue weighted by Crippen LogP contribution is 2.56. The van der Waals surface area contributed by atoms with E-state index in [1.165, 1.54) is 44.9 Å². The molecule has 4 rings (SSSR count). The fourth-order valence-electron chi connectivity index (χ4n) is 4.84. The van der Waals surface area contributed by atoms with Crippen LogP contribution in [0.2, 0.25) is 0 Å². The van der Waals surface area contributed by atoms with Crippen LogP contribution in [0.3, 0.4) is 0 Å². The van der Waals surface area contributed by atoms with Crippen molar-refractivity contribution in [3.8, 4) is 0 Å². The number of benzene rings is 1. The summed E-state index contributed by atoms with van der Waals surface area (Å²) in [6.45, 7) is 6.05. The number of amidine groups is 1. The molecule has 3 aliphatic carbocycles. The molecule has 6 heteroatoms. The Kier molecular flexibility index (Phi) is 6.50. The predicted molar refractivity (Wildman–Crippen MR) is 115 cm³/mol. The van der Waals surface area contributed by atoms with E-state index in [0.29, 0.717) is 11.3 Å². The summed E-state index contributed by atoms with van der Waals surface area (Å²) in [6.07, 6.45) is 12.5. The van der Waals surface area contributed by atoms with Crippen molar-refractivity contribution in [2.45, 2.75) is 95.4 Å². The van der Waals surface area contributed by atoms with Crippen molar-refractivity contribution in [3.05, 3.63) is 29.8 Å². The smallest absolute Gasteiger partial charge is 0.257 e. The van der Waals surface area contributed by atoms with Gasteiger partial charge in [0.05, 0.1) is 10.4 Å². The summed E-state index contributed by atoms with van der Waals surface area (Å²) in [4.78, 5) is 7.67. The van der Waals surface area contributed by atoms with Crippen LogP contribution in [0.5, 0.6) is 0 Å². The molecular formula is C22H35N3O2S. The Morgan fingerprint density at radius 3 is 2.21 bits per heavy atom. The molecule has 3 fully saturated rings. The van der Waals surface area contributed by atoms with Crippen LogP contribution in [-0.4, -0.2) is 19.8 Å². The molecule has 3 aliphatic rings. The van der Waals surface area contributed by atoms with Crippen molar-refractivity contribution >= 4 is 15.9 Å². The molecule has 0 aliphatic heterocycles. The molecular weight excluding hydrogens is 370 g/mol. The van der Waals surface area contributed by atoms with E-state index in [1.54, 1.807) is 24.3 Å². The van der Waals surface area contributed by atoms with Crippen LogP contribution in [0.1, 0.15) is 83.6 Å². The van der Waals surface area contributed by atoms with Crippen LogP contribution in [0.4, 0.5) is 0 Å². The van der Waals surface area contributed by atoms with Gasteiger partial charge < -0.3 is 0 Å². The third-order valence-corrected chi connectivity index (χ3v) is 8.04. The fraction of sp³-hybridized carbons (Fsp3) is 0.682. The number of hydrazine groups is 1. The van der Waals surface area contributed by atoms with Gasteiger partial charge in [0, 0.05) is 0 Å². The number of aryl methyl sites for hydroxylation is 1. The van der Waals surface area contributed by atoms with E-state index in [9.17, 15) is 8.42 Å². The lowest BCUT2D eigenvalue weighted by atomic mass is 9.56. The second kappa shape index (κ2) is 8.54. The maximum Gasteiger partial charge on any atom is 0.257 e. The third-order valence-electron chi connectivity index (χ3n) is 6.78. The lowest BCUT2D eigenvalue weighted by Gasteiger charge is -2.52. The number of unbranched alkanes of at least 4 members (excludes halogenated alkanes) is 2. The van der Waals surface area contributed by atoms with Gasteiger partial charge in [-0.2, -0.15) is 0 Å². The molecule has 156 valence electrons. The highest BCUT2D eigenvalue weighted by Gasteiger charge is 2.48. The zero-order valence-electron chi connectivity index (χ0n) is 17.6. The largest absolute Gasteiger partial charge is 0.296 e. The molecule has 2 N–H and O–H groups in total. The first-order chi connectivity index (χ1) is 13.3. The number of aliphatic imine (C=N–C) groups is 1. The van der Waals surface area contributed by atoms with Crippen LogP contribution in [-0.2, 0) is 10.0 Å². The van der Waals surface area contributed by atoms with Gasteiger partial charge in [-0.15, -0.1) is 4.83 Å². The van der Waals surface area contributed by atoms with Gasteiger partial charge in [-0.25, -0.2) is 8.42 Å². The number of nitrogens with one attached hydrogen (secondary N) is 2. The molecule has 3 saturated carbocycles. The van der Waals surface area contributed by atoms with Crippen molar-refractivity contribution in [1.29, 1.82) is 0 Å². The summed E-state index contributed by atoms with van der Waals surface area (Å²) < 4.78 is 24.9. The van der Waals surface area contributed by atoms with Crippen LogP contribution in [0.15, 0.2) is 34.2 Å². The summed E-state index contributed by atoms with van der Waals surface area (Å²) >= 11 is 0. The molecule has 1 aromatic rings. The van der Waals surface area contributed by atoms with E-state index in [-0.39, 0.29) is 10.4 Å². The lowest BCUT2D eigenvalue weighted by molar-refractivity contribution is 0.0363. The molecule has 0 unspecified atom stereocenters. The quantitative estimate of drug-likeness (QED) is 0.280. The summed E-state index contributed by atoms with van der Waals surface area (Å²) in [5.74, 6) is 0.649. The van der Waals surface area contributed by atoms with Crippen LogP contribution in [0.25, 0.3) is 0 Å². The Morgan fingerprint density at radius 2 is 1.64 bits per heavy atom. The first kappa shape index (κ1) is 21.3. The first-order valence-corrected chi connectivity index (χ1v) is 12.2. The summed E-state index contributed by atoms with van der Waals surface area (Å²) in [5, 5.41) is 0. The molecule has 1 aromatic carbocycles. The zero-order valence-corrected chi connectivity index (χ0v) is 18.4. The number of hydrogen-bond acceptors (Lipinski definition) is 3. The number of hydrogen-bond donors (Lipinski definition) is 2. The van der Waals surface area contributed by atoms with E-state index in [4.69, 9.17) is 4.99 Å². The van der Waals surface area contributed by atoms with Gasteiger partial charge in [0.15, 0.2) is 0 Å². The highest BCUT2D eigenvalue weighted by molar-refractivity contribution is 7.89. The maximum atomic E-state index is 12.4. The highest BCUT2D eigenvalue weighted by atomic mass is 32.2. The van der Waals surface area contributed by atoms with E-state index in [2.05, 4.69) is 17.2 Å². The van der Waals surface area contributed by atoms with Gasteiger partial charge >= 0.3 is 0 Å². The monoisotopic (exact) mass is 405 g/mol. The van der Waals surface area contributed by atoms with Crippen molar-refractivity contribution in [1.82, 2.24) is 10.3 Å². The average molecular weight is 406 g/mol. The molecule has 0 aromatic heterocycles.